The summed E-state index contributed by atoms with van der Waals surface area (Å²) in [5, 5.41) is 2.79. The van der Waals surface area contributed by atoms with Crippen LogP contribution >= 0.6 is 0 Å². The van der Waals surface area contributed by atoms with Gasteiger partial charge in [0.25, 0.3) is 5.91 Å². The van der Waals surface area contributed by atoms with Crippen molar-refractivity contribution < 1.29 is 9.18 Å². The molecule has 0 saturated heterocycles. The van der Waals surface area contributed by atoms with Crippen molar-refractivity contribution in [2.24, 2.45) is 0 Å². The van der Waals surface area contributed by atoms with Gasteiger partial charge in [0.2, 0.25) is 0 Å². The molecule has 1 aromatic heterocycles. The highest BCUT2D eigenvalue weighted by molar-refractivity contribution is 5.93. The normalized spacial score (nSPS) is 10.4. The van der Waals surface area contributed by atoms with Gasteiger partial charge in [-0.05, 0) is 31.2 Å². The molecule has 1 heterocycles. The Balaban J connectivity index is 0.00000139. The molecule has 2 rings (SSSR count). The van der Waals surface area contributed by atoms with E-state index in [0.29, 0.717) is 30.8 Å². The molecule has 0 unspecified atom stereocenters. The maximum Gasteiger partial charge on any atom is 0.271 e. The zero-order chi connectivity index (χ0) is 17.9. The molecule has 6 heteroatoms. The van der Waals surface area contributed by atoms with Crippen LogP contribution in [0.2, 0.25) is 0 Å². The highest BCUT2D eigenvalue weighted by Crippen LogP contribution is 2.11. The second-order valence-corrected chi connectivity index (χ2v) is 5.13. The Morgan fingerprint density at radius 3 is 2.67 bits per heavy atom. The summed E-state index contributed by atoms with van der Waals surface area (Å²) in [6.07, 6.45) is 1.48. The van der Waals surface area contributed by atoms with E-state index in [9.17, 15) is 9.18 Å². The van der Waals surface area contributed by atoms with Crippen molar-refractivity contribution in [2.75, 3.05) is 32.9 Å². The van der Waals surface area contributed by atoms with Gasteiger partial charge < -0.3 is 5.32 Å². The average Bonchev–Trinajstić information content (AvgIpc) is 2.62. The fourth-order valence-corrected chi connectivity index (χ4v) is 2.20. The third-order valence-electron chi connectivity index (χ3n) is 3.49. The van der Waals surface area contributed by atoms with Crippen LogP contribution in [-0.4, -0.2) is 53.6 Å². The van der Waals surface area contributed by atoms with E-state index >= 15 is 0 Å². The average molecular weight is 334 g/mol. The molecule has 0 atom stereocenters. The lowest BCUT2D eigenvalue weighted by Gasteiger charge is -2.18. The third-order valence-corrected chi connectivity index (χ3v) is 3.49. The first-order valence-corrected chi connectivity index (χ1v) is 8.44. The molecule has 0 aliphatic rings. The van der Waals surface area contributed by atoms with Gasteiger partial charge in [-0.25, -0.2) is 9.37 Å². The largest absolute Gasteiger partial charge is 0.349 e. The lowest BCUT2D eigenvalue weighted by Crippen LogP contribution is -2.36. The predicted octanol–water partition coefficient (Wildman–Crippen LogP) is 2.99. The lowest BCUT2D eigenvalue weighted by molar-refractivity contribution is 0.0943. The number of carbonyl (C=O) groups excluding carboxylic acids is 1. The Labute approximate surface area is 143 Å². The molecular weight excluding hydrogens is 307 g/mol. The van der Waals surface area contributed by atoms with Crippen LogP contribution in [0.15, 0.2) is 24.4 Å². The number of likely N-dealkylation sites (N-methyl/N-ethyl adjacent to an activating group) is 1. The monoisotopic (exact) mass is 334 g/mol. The SMILES string of the molecule is CC.CCN(CCF)CCNC(=O)c1cnc2cc(C)ccc2n1. The van der Waals surface area contributed by atoms with Crippen LogP contribution in [0.5, 0.6) is 0 Å². The van der Waals surface area contributed by atoms with E-state index in [1.165, 1.54) is 6.20 Å². The number of nitrogens with zero attached hydrogens (tertiary/aromatic N) is 3. The molecule has 0 saturated carbocycles. The molecular formula is C18H27FN4O. The van der Waals surface area contributed by atoms with Crippen LogP contribution in [-0.2, 0) is 0 Å². The van der Waals surface area contributed by atoms with Gasteiger partial charge >= 0.3 is 0 Å². The van der Waals surface area contributed by atoms with Crippen LogP contribution in [0.3, 0.4) is 0 Å². The Bertz CT molecular complexity index is 648. The number of rotatable bonds is 7. The van der Waals surface area contributed by atoms with E-state index in [4.69, 9.17) is 0 Å². The van der Waals surface area contributed by atoms with Gasteiger partial charge in [-0.1, -0.05) is 26.8 Å². The van der Waals surface area contributed by atoms with Gasteiger partial charge in [0.05, 0.1) is 17.2 Å². The van der Waals surface area contributed by atoms with Crippen LogP contribution in [0.4, 0.5) is 4.39 Å². The summed E-state index contributed by atoms with van der Waals surface area (Å²) in [4.78, 5) is 22.6. The fourth-order valence-electron chi connectivity index (χ4n) is 2.20. The Morgan fingerprint density at radius 1 is 1.25 bits per heavy atom. The van der Waals surface area contributed by atoms with Crippen molar-refractivity contribution in [1.82, 2.24) is 20.2 Å². The van der Waals surface area contributed by atoms with Gasteiger partial charge in [-0.15, -0.1) is 0 Å². The zero-order valence-electron chi connectivity index (χ0n) is 15.0. The molecule has 0 spiro atoms. The Kier molecular flexibility index (Phi) is 8.86. The van der Waals surface area contributed by atoms with Gasteiger partial charge in [0, 0.05) is 19.6 Å². The molecule has 0 aliphatic carbocycles. The van der Waals surface area contributed by atoms with Crippen molar-refractivity contribution in [1.29, 1.82) is 0 Å². The molecule has 2 aromatic rings. The minimum Gasteiger partial charge on any atom is -0.349 e. The zero-order valence-corrected chi connectivity index (χ0v) is 15.0. The van der Waals surface area contributed by atoms with Crippen molar-refractivity contribution >= 4 is 16.9 Å². The molecule has 132 valence electrons. The summed E-state index contributed by atoms with van der Waals surface area (Å²) in [7, 11) is 0. The summed E-state index contributed by atoms with van der Waals surface area (Å²) in [6, 6.07) is 5.73. The van der Waals surface area contributed by atoms with Crippen LogP contribution in [0.1, 0.15) is 36.8 Å². The number of halogens is 1. The maximum atomic E-state index is 12.3. The van der Waals surface area contributed by atoms with Crippen LogP contribution in [0.25, 0.3) is 11.0 Å². The third kappa shape index (κ3) is 5.85. The molecule has 0 aliphatic heterocycles. The molecule has 0 bridgehead atoms. The highest BCUT2D eigenvalue weighted by Gasteiger charge is 2.09. The van der Waals surface area contributed by atoms with Gasteiger partial charge in [-0.2, -0.15) is 0 Å². The first-order chi connectivity index (χ1) is 11.6. The van der Waals surface area contributed by atoms with E-state index in [1.807, 2.05) is 50.8 Å². The number of aryl methyl sites for hydroxylation is 1. The summed E-state index contributed by atoms with van der Waals surface area (Å²) in [6.45, 7) is 9.80. The molecule has 24 heavy (non-hydrogen) atoms. The van der Waals surface area contributed by atoms with Gasteiger partial charge in [0.1, 0.15) is 12.4 Å². The van der Waals surface area contributed by atoms with Crippen LogP contribution in [0, 0.1) is 6.92 Å². The van der Waals surface area contributed by atoms with E-state index < -0.39 is 0 Å². The van der Waals surface area contributed by atoms with Crippen molar-refractivity contribution in [3.63, 3.8) is 0 Å². The number of fused-ring (bicyclic) bond motifs is 1. The Morgan fingerprint density at radius 2 is 2.00 bits per heavy atom. The number of aromatic nitrogens is 2. The first kappa shape index (κ1) is 20.0. The molecule has 5 nitrogen and oxygen atoms in total. The number of hydrogen-bond donors (Lipinski definition) is 1. The van der Waals surface area contributed by atoms with E-state index in [-0.39, 0.29) is 12.6 Å². The second kappa shape index (κ2) is 10.6. The number of carbonyl (C=O) groups is 1. The molecule has 1 N–H and O–H groups in total. The Hall–Kier alpha value is -2.08. The van der Waals surface area contributed by atoms with E-state index in [1.54, 1.807) is 0 Å². The molecule has 1 aromatic carbocycles. The van der Waals surface area contributed by atoms with E-state index in [2.05, 4.69) is 15.3 Å². The number of alkyl halides is 1. The highest BCUT2D eigenvalue weighted by atomic mass is 19.1. The minimum absolute atomic E-state index is 0.258. The summed E-state index contributed by atoms with van der Waals surface area (Å²) >= 11 is 0. The number of amides is 1. The summed E-state index contributed by atoms with van der Waals surface area (Å²) in [5.74, 6) is -0.258. The smallest absolute Gasteiger partial charge is 0.271 e. The van der Waals surface area contributed by atoms with Gasteiger partial charge in [-0.3, -0.25) is 14.7 Å². The number of benzene rings is 1. The second-order valence-electron chi connectivity index (χ2n) is 5.13. The van der Waals surface area contributed by atoms with Crippen molar-refractivity contribution in [3.05, 3.63) is 35.7 Å². The molecule has 0 fully saturated rings. The quantitative estimate of drug-likeness (QED) is 0.846. The fraction of sp³-hybridized carbons (Fsp3) is 0.500. The summed E-state index contributed by atoms with van der Waals surface area (Å²) in [5.41, 5.74) is 2.87. The molecule has 1 amide bonds. The van der Waals surface area contributed by atoms with Crippen molar-refractivity contribution in [3.8, 4) is 0 Å². The minimum atomic E-state index is -0.378. The van der Waals surface area contributed by atoms with Crippen molar-refractivity contribution in [2.45, 2.75) is 27.7 Å². The predicted molar refractivity (Wildman–Crippen MR) is 96.0 cm³/mol. The topological polar surface area (TPSA) is 58.1 Å². The van der Waals surface area contributed by atoms with Gasteiger partial charge in [0.15, 0.2) is 0 Å². The standard InChI is InChI=1S/C16H21FN4O.C2H6/c1-3-21(8-6-17)9-7-18-16(22)15-11-19-14-10-12(2)4-5-13(14)20-15;1-2/h4-5,10-11H,3,6-9H2,1-2H3,(H,18,22);1-2H3. The summed E-state index contributed by atoms with van der Waals surface area (Å²) < 4.78 is 12.3. The van der Waals surface area contributed by atoms with Crippen LogP contribution < -0.4 is 5.32 Å². The lowest BCUT2D eigenvalue weighted by atomic mass is 10.2. The molecule has 0 radical (unpaired) electrons. The number of nitrogens with one attached hydrogen (secondary N) is 1. The first-order valence-electron chi connectivity index (χ1n) is 8.44. The van der Waals surface area contributed by atoms with E-state index in [0.717, 1.165) is 17.6 Å². The number of hydrogen-bond acceptors (Lipinski definition) is 4. The maximum absolute atomic E-state index is 12.3.